The topological polar surface area (TPSA) is 51.0 Å². The number of alkyl halides is 3. The van der Waals surface area contributed by atoms with E-state index in [-0.39, 0.29) is 5.56 Å². The van der Waals surface area contributed by atoms with Gasteiger partial charge in [-0.2, -0.15) is 13.2 Å². The predicted molar refractivity (Wildman–Crippen MR) is 119 cm³/mol. The molecule has 0 spiro atoms. The van der Waals surface area contributed by atoms with Crippen LogP contribution in [0.2, 0.25) is 5.02 Å². The van der Waals surface area contributed by atoms with Gasteiger partial charge in [0.05, 0.1) is 27.1 Å². The zero-order chi connectivity index (χ0) is 22.9. The number of imidazole rings is 1. The smallest absolute Gasteiger partial charge is 0.337 e. The summed E-state index contributed by atoms with van der Waals surface area (Å²) in [6.45, 7) is 2.86. The average molecular weight is 479 g/mol. The van der Waals surface area contributed by atoms with E-state index in [1.807, 2.05) is 23.8 Å². The molecule has 4 aromatic rings. The molecule has 0 saturated heterocycles. The highest BCUT2D eigenvalue weighted by Gasteiger charge is 2.31. The van der Waals surface area contributed by atoms with Crippen LogP contribution in [-0.4, -0.2) is 27.0 Å². The number of nitrogens with zero attached hydrogens (tertiary/aromatic N) is 4. The molecule has 1 amide bonds. The summed E-state index contributed by atoms with van der Waals surface area (Å²) in [7, 11) is 0. The molecule has 2 aromatic heterocycles. The van der Waals surface area contributed by atoms with Crippen LogP contribution in [0.15, 0.2) is 55.1 Å². The molecule has 10 heteroatoms. The third kappa shape index (κ3) is 4.63. The molecule has 5 nitrogen and oxygen atoms in total. The van der Waals surface area contributed by atoms with E-state index in [1.54, 1.807) is 18.6 Å². The van der Waals surface area contributed by atoms with Crippen LogP contribution in [0.5, 0.6) is 0 Å². The van der Waals surface area contributed by atoms with E-state index >= 15 is 0 Å². The second kappa shape index (κ2) is 8.91. The van der Waals surface area contributed by atoms with Gasteiger partial charge in [-0.25, -0.2) is 9.97 Å². The van der Waals surface area contributed by atoms with E-state index in [1.165, 1.54) is 28.4 Å². The molecule has 0 unspecified atom stereocenters. The number of benzene rings is 2. The molecular weight excluding hydrogens is 461 g/mol. The molecule has 0 atom stereocenters. The molecule has 0 aliphatic rings. The maximum atomic E-state index is 13.3. The predicted octanol–water partition coefficient (Wildman–Crippen LogP) is 6.21. The number of anilines is 1. The zero-order valence-corrected chi connectivity index (χ0v) is 18.5. The van der Waals surface area contributed by atoms with E-state index in [0.717, 1.165) is 22.4 Å². The summed E-state index contributed by atoms with van der Waals surface area (Å²) in [6, 6.07) is 7.85. The number of hydrogen-bond donors (Lipinski definition) is 0. The van der Waals surface area contributed by atoms with Gasteiger partial charge in [0.15, 0.2) is 5.13 Å². The maximum absolute atomic E-state index is 13.3. The Bertz CT molecular complexity index is 1200. The molecule has 2 aromatic carbocycles. The van der Waals surface area contributed by atoms with Crippen LogP contribution >= 0.6 is 22.9 Å². The van der Waals surface area contributed by atoms with Crippen LogP contribution in [0.25, 0.3) is 10.2 Å². The molecule has 0 bridgehead atoms. The maximum Gasteiger partial charge on any atom is 0.416 e. The minimum absolute atomic E-state index is 0.155. The highest BCUT2D eigenvalue weighted by Crippen LogP contribution is 2.36. The number of halogens is 4. The Labute approximate surface area is 191 Å². The van der Waals surface area contributed by atoms with Gasteiger partial charge in [-0.05, 0) is 49.2 Å². The van der Waals surface area contributed by atoms with Crippen molar-refractivity contribution in [3.63, 3.8) is 0 Å². The van der Waals surface area contributed by atoms with Crippen LogP contribution in [0.3, 0.4) is 0 Å². The zero-order valence-electron chi connectivity index (χ0n) is 16.9. The van der Waals surface area contributed by atoms with Crippen molar-refractivity contribution in [2.45, 2.75) is 26.1 Å². The largest absolute Gasteiger partial charge is 0.416 e. The van der Waals surface area contributed by atoms with E-state index in [9.17, 15) is 18.0 Å². The fourth-order valence-corrected chi connectivity index (χ4v) is 4.62. The third-order valence-corrected chi connectivity index (χ3v) is 6.52. The van der Waals surface area contributed by atoms with Gasteiger partial charge >= 0.3 is 6.18 Å². The van der Waals surface area contributed by atoms with E-state index in [0.29, 0.717) is 35.2 Å². The first kappa shape index (κ1) is 22.3. The first-order chi connectivity index (χ1) is 15.2. The highest BCUT2D eigenvalue weighted by molar-refractivity contribution is 7.23. The standard InChI is InChI=1S/C22H18ClF3N4OS/c1-14-3-8-17(23)19-18(14)28-21(32-19)30(11-2-10-29-12-9-27-13-29)20(31)15-4-6-16(7-5-15)22(24,25)26/h3-9,12-13H,2,10-11H2,1H3. The molecule has 0 N–H and O–H groups in total. The average Bonchev–Trinajstić information content (AvgIpc) is 3.44. The number of amides is 1. The Morgan fingerprint density at radius 1 is 1.19 bits per heavy atom. The van der Waals surface area contributed by atoms with Crippen molar-refractivity contribution in [3.8, 4) is 0 Å². The molecule has 0 fully saturated rings. The Morgan fingerprint density at radius 2 is 1.94 bits per heavy atom. The Hall–Kier alpha value is -2.91. The fraction of sp³-hybridized carbons (Fsp3) is 0.227. The minimum Gasteiger partial charge on any atom is -0.337 e. The molecule has 0 aliphatic heterocycles. The fourth-order valence-electron chi connectivity index (χ4n) is 3.28. The Balaban J connectivity index is 1.66. The quantitative estimate of drug-likeness (QED) is 0.331. The van der Waals surface area contributed by atoms with Crippen LogP contribution in [0.1, 0.15) is 27.9 Å². The van der Waals surface area contributed by atoms with E-state index in [4.69, 9.17) is 11.6 Å². The SMILES string of the molecule is Cc1ccc(Cl)c2sc(N(CCCn3ccnc3)C(=O)c3ccc(C(F)(F)F)cc3)nc12. The first-order valence-corrected chi connectivity index (χ1v) is 10.9. The van der Waals surface area contributed by atoms with E-state index in [2.05, 4.69) is 9.97 Å². The van der Waals surface area contributed by atoms with Crippen molar-refractivity contribution in [1.29, 1.82) is 0 Å². The number of aromatic nitrogens is 3. The van der Waals surface area contributed by atoms with E-state index < -0.39 is 17.6 Å². The second-order valence-corrected chi connectivity index (χ2v) is 8.61. The molecule has 166 valence electrons. The van der Waals surface area contributed by atoms with Crippen LogP contribution in [-0.2, 0) is 12.7 Å². The van der Waals surface area contributed by atoms with Crippen LogP contribution < -0.4 is 4.90 Å². The second-order valence-electron chi connectivity index (χ2n) is 7.22. The van der Waals surface area contributed by atoms with Gasteiger partial charge < -0.3 is 4.57 Å². The van der Waals surface area contributed by atoms with Gasteiger partial charge in [-0.1, -0.05) is 29.0 Å². The van der Waals surface area contributed by atoms with Gasteiger partial charge in [0, 0.05) is 31.0 Å². The number of thiazole rings is 1. The summed E-state index contributed by atoms with van der Waals surface area (Å²) in [5.74, 6) is -0.419. The summed E-state index contributed by atoms with van der Waals surface area (Å²) in [6.07, 6.45) is 1.31. The number of carbonyl (C=O) groups is 1. The van der Waals surface area contributed by atoms with Crippen molar-refractivity contribution in [1.82, 2.24) is 14.5 Å². The molecule has 2 heterocycles. The number of aryl methyl sites for hydroxylation is 2. The summed E-state index contributed by atoms with van der Waals surface area (Å²) in [4.78, 5) is 23.4. The lowest BCUT2D eigenvalue weighted by molar-refractivity contribution is -0.137. The van der Waals surface area contributed by atoms with Gasteiger partial charge in [0.2, 0.25) is 0 Å². The molecule has 0 radical (unpaired) electrons. The number of carbonyl (C=O) groups excluding carboxylic acids is 1. The third-order valence-electron chi connectivity index (χ3n) is 4.98. The summed E-state index contributed by atoms with van der Waals surface area (Å²) in [5, 5.41) is 0.987. The molecule has 0 saturated carbocycles. The molecule has 32 heavy (non-hydrogen) atoms. The van der Waals surface area contributed by atoms with Crippen LogP contribution in [0.4, 0.5) is 18.3 Å². The molecule has 4 rings (SSSR count). The highest BCUT2D eigenvalue weighted by atomic mass is 35.5. The number of hydrogen-bond acceptors (Lipinski definition) is 4. The van der Waals surface area contributed by atoms with Crippen molar-refractivity contribution in [2.24, 2.45) is 0 Å². The van der Waals surface area contributed by atoms with Gasteiger partial charge in [0.25, 0.3) is 5.91 Å². The van der Waals surface area contributed by atoms with Crippen LogP contribution in [0, 0.1) is 6.92 Å². The lowest BCUT2D eigenvalue weighted by atomic mass is 10.1. The van der Waals surface area contributed by atoms with Gasteiger partial charge in [-0.15, -0.1) is 0 Å². The lowest BCUT2D eigenvalue weighted by Crippen LogP contribution is -2.32. The molecular formula is C22H18ClF3N4OS. The van der Waals surface area contributed by atoms with Crippen molar-refractivity contribution >= 4 is 44.2 Å². The number of rotatable bonds is 6. The van der Waals surface area contributed by atoms with Crippen molar-refractivity contribution in [2.75, 3.05) is 11.4 Å². The van der Waals surface area contributed by atoms with Crippen molar-refractivity contribution in [3.05, 3.63) is 76.8 Å². The molecule has 0 aliphatic carbocycles. The lowest BCUT2D eigenvalue weighted by Gasteiger charge is -2.20. The summed E-state index contributed by atoms with van der Waals surface area (Å²) in [5.41, 5.74) is 0.982. The van der Waals surface area contributed by atoms with Gasteiger partial charge in [-0.3, -0.25) is 9.69 Å². The normalized spacial score (nSPS) is 11.8. The summed E-state index contributed by atoms with van der Waals surface area (Å²) < 4.78 is 41.4. The first-order valence-electron chi connectivity index (χ1n) is 9.74. The monoisotopic (exact) mass is 478 g/mol. The van der Waals surface area contributed by atoms with Crippen molar-refractivity contribution < 1.29 is 18.0 Å². The Kier molecular flexibility index (Phi) is 6.21. The van der Waals surface area contributed by atoms with Gasteiger partial charge in [0.1, 0.15) is 0 Å². The summed E-state index contributed by atoms with van der Waals surface area (Å²) >= 11 is 7.61. The Morgan fingerprint density at radius 3 is 2.56 bits per heavy atom. The number of fused-ring (bicyclic) bond motifs is 1. The minimum atomic E-state index is -4.46.